The van der Waals surface area contributed by atoms with Gasteiger partial charge in [-0.1, -0.05) is 60.7 Å². The van der Waals surface area contributed by atoms with Crippen LogP contribution in [-0.4, -0.2) is 36.2 Å². The number of hydrogen-bond acceptors (Lipinski definition) is 4. The van der Waals surface area contributed by atoms with Crippen LogP contribution in [0.2, 0.25) is 0 Å². The van der Waals surface area contributed by atoms with Crippen molar-refractivity contribution >= 4 is 22.6 Å². The van der Waals surface area contributed by atoms with Gasteiger partial charge in [0.25, 0.3) is 5.91 Å². The molecule has 0 saturated heterocycles. The largest absolute Gasteiger partial charge is 0.490 e. The van der Waals surface area contributed by atoms with Crippen molar-refractivity contribution in [2.75, 3.05) is 13.2 Å². The number of nitrogens with one attached hydrogen (secondary N) is 1. The summed E-state index contributed by atoms with van der Waals surface area (Å²) in [5, 5.41) is 13.9. The Morgan fingerprint density at radius 2 is 1.35 bits per heavy atom. The zero-order valence-corrected chi connectivity index (χ0v) is 18.5. The van der Waals surface area contributed by atoms with Crippen molar-refractivity contribution in [3.63, 3.8) is 0 Å². The van der Waals surface area contributed by atoms with E-state index in [-0.39, 0.29) is 6.42 Å². The van der Waals surface area contributed by atoms with Crippen LogP contribution in [-0.2, 0) is 11.2 Å². The summed E-state index contributed by atoms with van der Waals surface area (Å²) >= 11 is 0. The van der Waals surface area contributed by atoms with E-state index in [0.717, 1.165) is 22.1 Å². The van der Waals surface area contributed by atoms with Crippen LogP contribution in [0.1, 0.15) is 15.9 Å². The summed E-state index contributed by atoms with van der Waals surface area (Å²) in [6.07, 6.45) is 0.212. The number of carbonyl (C=O) groups is 2. The van der Waals surface area contributed by atoms with E-state index in [9.17, 15) is 14.7 Å². The van der Waals surface area contributed by atoms with Gasteiger partial charge in [-0.15, -0.1) is 0 Å². The molecule has 34 heavy (non-hydrogen) atoms. The molecule has 4 rings (SSSR count). The molecule has 0 aliphatic heterocycles. The SMILES string of the molecule is O=C(NC(Cc1ccccc1)C(=O)O)c1ccc2cc(OCCOc3ccccc3)ccc2c1. The summed E-state index contributed by atoms with van der Waals surface area (Å²) in [5.74, 6) is -0.000802. The molecule has 0 aromatic heterocycles. The number of carboxylic acids is 1. The molecule has 0 spiro atoms. The van der Waals surface area contributed by atoms with Crippen molar-refractivity contribution in [3.8, 4) is 11.5 Å². The van der Waals surface area contributed by atoms with Crippen LogP contribution < -0.4 is 14.8 Å². The maximum atomic E-state index is 12.7. The molecule has 1 atom stereocenters. The fraction of sp³-hybridized carbons (Fsp3) is 0.143. The van der Waals surface area contributed by atoms with E-state index in [4.69, 9.17) is 9.47 Å². The van der Waals surface area contributed by atoms with Crippen LogP contribution in [0.3, 0.4) is 0 Å². The molecular formula is C28H25NO5. The van der Waals surface area contributed by atoms with E-state index >= 15 is 0 Å². The Kier molecular flexibility index (Phi) is 7.40. The normalized spacial score (nSPS) is 11.5. The van der Waals surface area contributed by atoms with Gasteiger partial charge in [-0.3, -0.25) is 4.79 Å². The molecule has 2 N–H and O–H groups in total. The Balaban J connectivity index is 1.36. The second-order valence-electron chi connectivity index (χ2n) is 7.79. The van der Waals surface area contributed by atoms with Crippen molar-refractivity contribution in [2.24, 2.45) is 0 Å². The van der Waals surface area contributed by atoms with Gasteiger partial charge in [0.15, 0.2) is 0 Å². The number of rotatable bonds is 10. The minimum Gasteiger partial charge on any atom is -0.490 e. The van der Waals surface area contributed by atoms with Crippen LogP contribution in [0, 0.1) is 0 Å². The first-order valence-electron chi connectivity index (χ1n) is 11.0. The molecule has 6 nitrogen and oxygen atoms in total. The fourth-order valence-corrected chi connectivity index (χ4v) is 3.58. The highest BCUT2D eigenvalue weighted by Gasteiger charge is 2.21. The minimum atomic E-state index is -1.07. The van der Waals surface area contributed by atoms with Crippen LogP contribution >= 0.6 is 0 Å². The Morgan fingerprint density at radius 3 is 2.06 bits per heavy atom. The average molecular weight is 456 g/mol. The Hall–Kier alpha value is -4.32. The van der Waals surface area contributed by atoms with Crippen molar-refractivity contribution < 1.29 is 24.2 Å². The zero-order chi connectivity index (χ0) is 23.8. The highest BCUT2D eigenvalue weighted by atomic mass is 16.5. The van der Waals surface area contributed by atoms with Gasteiger partial charge in [-0.05, 0) is 52.7 Å². The van der Waals surface area contributed by atoms with E-state index in [1.165, 1.54) is 0 Å². The molecule has 0 aliphatic rings. The van der Waals surface area contributed by atoms with Gasteiger partial charge < -0.3 is 19.9 Å². The summed E-state index contributed by atoms with van der Waals surface area (Å²) in [4.78, 5) is 24.4. The topological polar surface area (TPSA) is 84.9 Å². The Labute approximate surface area is 197 Å². The Bertz CT molecular complexity index is 1260. The number of aliphatic carboxylic acids is 1. The summed E-state index contributed by atoms with van der Waals surface area (Å²) in [7, 11) is 0. The molecular weight excluding hydrogens is 430 g/mol. The van der Waals surface area contributed by atoms with Crippen LogP contribution in [0.15, 0.2) is 97.1 Å². The van der Waals surface area contributed by atoms with Crippen molar-refractivity contribution in [3.05, 3.63) is 108 Å². The maximum Gasteiger partial charge on any atom is 0.326 e. The summed E-state index contributed by atoms with van der Waals surface area (Å²) in [6.45, 7) is 0.827. The third kappa shape index (κ3) is 6.13. The minimum absolute atomic E-state index is 0.212. The lowest BCUT2D eigenvalue weighted by molar-refractivity contribution is -0.139. The molecule has 1 unspecified atom stereocenters. The second kappa shape index (κ2) is 11.0. The van der Waals surface area contributed by atoms with Gasteiger partial charge in [0.2, 0.25) is 0 Å². The quantitative estimate of drug-likeness (QED) is 0.338. The third-order valence-electron chi connectivity index (χ3n) is 5.32. The average Bonchev–Trinajstić information content (AvgIpc) is 2.87. The van der Waals surface area contributed by atoms with Crippen LogP contribution in [0.4, 0.5) is 0 Å². The second-order valence-corrected chi connectivity index (χ2v) is 7.79. The lowest BCUT2D eigenvalue weighted by Gasteiger charge is -2.15. The summed E-state index contributed by atoms with van der Waals surface area (Å²) in [5.41, 5.74) is 1.24. The molecule has 0 radical (unpaired) electrons. The number of benzene rings is 4. The summed E-state index contributed by atoms with van der Waals surface area (Å²) in [6, 6.07) is 28.6. The third-order valence-corrected chi connectivity index (χ3v) is 5.32. The number of ether oxygens (including phenoxy) is 2. The highest BCUT2D eigenvalue weighted by molar-refractivity contribution is 6.00. The van der Waals surface area contributed by atoms with E-state index < -0.39 is 17.9 Å². The van der Waals surface area contributed by atoms with Gasteiger partial charge in [-0.2, -0.15) is 0 Å². The maximum absolute atomic E-state index is 12.7. The summed E-state index contributed by atoms with van der Waals surface area (Å²) < 4.78 is 11.4. The molecule has 0 heterocycles. The fourth-order valence-electron chi connectivity index (χ4n) is 3.58. The van der Waals surface area contributed by atoms with Gasteiger partial charge >= 0.3 is 5.97 Å². The smallest absolute Gasteiger partial charge is 0.326 e. The van der Waals surface area contributed by atoms with E-state index in [2.05, 4.69) is 5.32 Å². The standard InChI is InChI=1S/C28H25NO5/c30-27(29-26(28(31)32)17-20-7-3-1-4-8-20)23-12-11-22-19-25(14-13-21(22)18-23)34-16-15-33-24-9-5-2-6-10-24/h1-14,18-19,26H,15-17H2,(H,29,30)(H,31,32). The molecule has 172 valence electrons. The molecule has 6 heteroatoms. The van der Waals surface area contributed by atoms with Gasteiger partial charge in [0.05, 0.1) is 0 Å². The van der Waals surface area contributed by atoms with Crippen LogP contribution in [0.5, 0.6) is 11.5 Å². The lowest BCUT2D eigenvalue weighted by atomic mass is 10.0. The van der Waals surface area contributed by atoms with Crippen molar-refractivity contribution in [2.45, 2.75) is 12.5 Å². The molecule has 0 fully saturated rings. The van der Waals surface area contributed by atoms with Gasteiger partial charge in [0, 0.05) is 12.0 Å². The van der Waals surface area contributed by atoms with Crippen LogP contribution in [0.25, 0.3) is 10.8 Å². The van der Waals surface area contributed by atoms with Crippen molar-refractivity contribution in [1.82, 2.24) is 5.32 Å². The first-order valence-corrected chi connectivity index (χ1v) is 11.0. The van der Waals surface area contributed by atoms with Crippen molar-refractivity contribution in [1.29, 1.82) is 0 Å². The number of carbonyl (C=O) groups excluding carboxylic acids is 1. The molecule has 1 amide bonds. The van der Waals surface area contributed by atoms with E-state index in [1.807, 2.05) is 84.9 Å². The number of hydrogen-bond donors (Lipinski definition) is 2. The van der Waals surface area contributed by atoms with E-state index in [1.54, 1.807) is 12.1 Å². The predicted octanol–water partition coefficient (Wildman–Crippen LogP) is 4.72. The molecule has 0 bridgehead atoms. The Morgan fingerprint density at radius 1 is 0.735 bits per heavy atom. The molecule has 4 aromatic rings. The highest BCUT2D eigenvalue weighted by Crippen LogP contribution is 2.22. The number of para-hydroxylation sites is 1. The molecule has 4 aromatic carbocycles. The number of carboxylic acid groups (broad SMARTS) is 1. The van der Waals surface area contributed by atoms with Gasteiger partial charge in [0.1, 0.15) is 30.8 Å². The lowest BCUT2D eigenvalue weighted by Crippen LogP contribution is -2.42. The first kappa shape index (κ1) is 22.9. The van der Waals surface area contributed by atoms with E-state index in [0.29, 0.717) is 24.5 Å². The monoisotopic (exact) mass is 455 g/mol. The number of amides is 1. The molecule has 0 saturated carbocycles. The first-order chi connectivity index (χ1) is 16.6. The molecule has 0 aliphatic carbocycles. The van der Waals surface area contributed by atoms with Gasteiger partial charge in [-0.25, -0.2) is 4.79 Å². The zero-order valence-electron chi connectivity index (χ0n) is 18.5. The number of fused-ring (bicyclic) bond motifs is 1. The predicted molar refractivity (Wildman–Crippen MR) is 130 cm³/mol.